The molecule has 0 spiro atoms. The minimum absolute atomic E-state index is 0.143. The Morgan fingerprint density at radius 2 is 1.85 bits per heavy atom. The number of nitrogens with one attached hydrogen (secondary N) is 2. The lowest BCUT2D eigenvalue weighted by Gasteiger charge is -2.23. The summed E-state index contributed by atoms with van der Waals surface area (Å²) in [5.41, 5.74) is 1.85. The van der Waals surface area contributed by atoms with Crippen LogP contribution >= 0.6 is 0 Å². The van der Waals surface area contributed by atoms with Crippen LogP contribution in [-0.4, -0.2) is 23.4 Å². The van der Waals surface area contributed by atoms with Crippen molar-refractivity contribution in [2.45, 2.75) is 59.7 Å². The van der Waals surface area contributed by atoms with Crippen molar-refractivity contribution in [1.29, 1.82) is 0 Å². The molecule has 6 heteroatoms. The van der Waals surface area contributed by atoms with E-state index in [0.717, 1.165) is 11.3 Å². The molecule has 1 aromatic heterocycles. The van der Waals surface area contributed by atoms with Gasteiger partial charge in [0.25, 0.3) is 5.91 Å². The number of hydrogen-bond donors (Lipinski definition) is 2. The third kappa shape index (κ3) is 6.16. The molecule has 1 unspecified atom stereocenters. The van der Waals surface area contributed by atoms with E-state index in [4.69, 9.17) is 9.15 Å². The van der Waals surface area contributed by atoms with E-state index >= 15 is 0 Å². The van der Waals surface area contributed by atoms with Crippen LogP contribution in [0.15, 0.2) is 34.7 Å². The molecule has 0 aliphatic rings. The number of aryl methyl sites for hydroxylation is 2. The fourth-order valence-corrected chi connectivity index (χ4v) is 2.50. The predicted octanol–water partition coefficient (Wildman–Crippen LogP) is 3.51. The molecule has 1 aromatic carbocycles. The molecule has 0 aliphatic carbocycles. The SMILES string of the molecule is Cc1ccc(OCc2ccc(C(=O)NC(C)C(=O)NC(C)(C)C)o2)c(C)c1. The molecule has 0 aliphatic heterocycles. The van der Waals surface area contributed by atoms with E-state index in [9.17, 15) is 9.59 Å². The number of ether oxygens (including phenoxy) is 1. The molecular formula is C21H28N2O4. The first-order valence-corrected chi connectivity index (χ1v) is 8.97. The van der Waals surface area contributed by atoms with Crippen molar-refractivity contribution in [2.75, 3.05) is 0 Å². The highest BCUT2D eigenvalue weighted by Crippen LogP contribution is 2.20. The van der Waals surface area contributed by atoms with E-state index < -0.39 is 11.9 Å². The maximum Gasteiger partial charge on any atom is 0.287 e. The molecule has 0 saturated heterocycles. The summed E-state index contributed by atoms with van der Waals surface area (Å²) in [5, 5.41) is 5.46. The van der Waals surface area contributed by atoms with Gasteiger partial charge in [-0.05, 0) is 65.3 Å². The third-order valence-corrected chi connectivity index (χ3v) is 3.82. The van der Waals surface area contributed by atoms with Crippen LogP contribution < -0.4 is 15.4 Å². The van der Waals surface area contributed by atoms with E-state index in [0.29, 0.717) is 5.76 Å². The summed E-state index contributed by atoms with van der Waals surface area (Å²) in [6, 6.07) is 8.53. The molecule has 27 heavy (non-hydrogen) atoms. The highest BCUT2D eigenvalue weighted by Gasteiger charge is 2.22. The van der Waals surface area contributed by atoms with Gasteiger partial charge in [-0.1, -0.05) is 17.7 Å². The first-order valence-electron chi connectivity index (χ1n) is 8.97. The summed E-state index contributed by atoms with van der Waals surface area (Å²) in [4.78, 5) is 24.3. The average Bonchev–Trinajstić information content (AvgIpc) is 3.01. The number of carbonyl (C=O) groups is 2. The molecule has 1 heterocycles. The standard InChI is InChI=1S/C21H28N2O4/c1-13-7-9-17(14(2)11-13)26-12-16-8-10-18(27-16)20(25)22-15(3)19(24)23-21(4,5)6/h7-11,15H,12H2,1-6H3,(H,22,25)(H,23,24). The fraction of sp³-hybridized carbons (Fsp3) is 0.429. The Morgan fingerprint density at radius 3 is 2.48 bits per heavy atom. The number of hydrogen-bond acceptors (Lipinski definition) is 4. The van der Waals surface area contributed by atoms with Gasteiger partial charge in [-0.15, -0.1) is 0 Å². The van der Waals surface area contributed by atoms with Crippen molar-refractivity contribution >= 4 is 11.8 Å². The van der Waals surface area contributed by atoms with Crippen molar-refractivity contribution in [3.63, 3.8) is 0 Å². The minimum atomic E-state index is -0.670. The second-order valence-corrected chi connectivity index (χ2v) is 7.76. The van der Waals surface area contributed by atoms with E-state index in [1.165, 1.54) is 5.56 Å². The zero-order valence-electron chi connectivity index (χ0n) is 16.8. The van der Waals surface area contributed by atoms with Gasteiger partial charge < -0.3 is 19.8 Å². The van der Waals surface area contributed by atoms with E-state index in [1.54, 1.807) is 19.1 Å². The molecule has 0 bridgehead atoms. The second-order valence-electron chi connectivity index (χ2n) is 7.76. The molecule has 0 saturated carbocycles. The molecule has 2 rings (SSSR count). The summed E-state index contributed by atoms with van der Waals surface area (Å²) >= 11 is 0. The Labute approximate surface area is 160 Å². The maximum absolute atomic E-state index is 12.3. The molecule has 0 fully saturated rings. The Bertz CT molecular complexity index is 818. The molecular weight excluding hydrogens is 344 g/mol. The lowest BCUT2D eigenvalue weighted by atomic mass is 10.1. The summed E-state index contributed by atoms with van der Waals surface area (Å²) in [6.45, 7) is 11.5. The summed E-state index contributed by atoms with van der Waals surface area (Å²) < 4.78 is 11.3. The van der Waals surface area contributed by atoms with E-state index in [1.807, 2.05) is 52.8 Å². The fourth-order valence-electron chi connectivity index (χ4n) is 2.50. The van der Waals surface area contributed by atoms with Gasteiger partial charge in [0.1, 0.15) is 24.2 Å². The van der Waals surface area contributed by atoms with E-state index in [-0.39, 0.29) is 23.8 Å². The van der Waals surface area contributed by atoms with Crippen LogP contribution in [-0.2, 0) is 11.4 Å². The minimum Gasteiger partial charge on any atom is -0.485 e. The number of amides is 2. The van der Waals surface area contributed by atoms with Gasteiger partial charge in [0.05, 0.1) is 0 Å². The first-order chi connectivity index (χ1) is 12.5. The van der Waals surface area contributed by atoms with Crippen LogP contribution in [0.4, 0.5) is 0 Å². The Morgan fingerprint density at radius 1 is 1.15 bits per heavy atom. The zero-order chi connectivity index (χ0) is 20.2. The Kier molecular flexibility index (Phi) is 6.31. The molecule has 2 amide bonds. The predicted molar refractivity (Wildman–Crippen MR) is 104 cm³/mol. The molecule has 6 nitrogen and oxygen atoms in total. The van der Waals surface area contributed by atoms with Gasteiger partial charge >= 0.3 is 0 Å². The van der Waals surface area contributed by atoms with Crippen LogP contribution in [0.3, 0.4) is 0 Å². The van der Waals surface area contributed by atoms with Gasteiger partial charge in [-0.3, -0.25) is 9.59 Å². The number of carbonyl (C=O) groups excluding carboxylic acids is 2. The third-order valence-electron chi connectivity index (χ3n) is 3.82. The van der Waals surface area contributed by atoms with Crippen molar-refractivity contribution < 1.29 is 18.7 Å². The van der Waals surface area contributed by atoms with Crippen LogP contribution in [0, 0.1) is 13.8 Å². The monoisotopic (exact) mass is 372 g/mol. The van der Waals surface area contributed by atoms with E-state index in [2.05, 4.69) is 10.6 Å². The first kappa shape index (κ1) is 20.6. The highest BCUT2D eigenvalue weighted by atomic mass is 16.5. The summed E-state index contributed by atoms with van der Waals surface area (Å²) in [7, 11) is 0. The van der Waals surface area contributed by atoms with Gasteiger partial charge in [-0.25, -0.2) is 0 Å². The van der Waals surface area contributed by atoms with Crippen molar-refractivity contribution in [2.24, 2.45) is 0 Å². The zero-order valence-corrected chi connectivity index (χ0v) is 16.8. The smallest absolute Gasteiger partial charge is 0.287 e. The molecule has 0 radical (unpaired) electrons. The number of furan rings is 1. The topological polar surface area (TPSA) is 80.6 Å². The van der Waals surface area contributed by atoms with Crippen LogP contribution in [0.2, 0.25) is 0 Å². The van der Waals surface area contributed by atoms with Crippen molar-refractivity contribution in [1.82, 2.24) is 10.6 Å². The lowest BCUT2D eigenvalue weighted by molar-refractivity contribution is -0.124. The average molecular weight is 372 g/mol. The quantitative estimate of drug-likeness (QED) is 0.813. The molecule has 2 aromatic rings. The van der Waals surface area contributed by atoms with Gasteiger partial charge in [0, 0.05) is 5.54 Å². The number of rotatable bonds is 6. The van der Waals surface area contributed by atoms with Gasteiger partial charge in [0.15, 0.2) is 5.76 Å². The largest absolute Gasteiger partial charge is 0.485 e. The van der Waals surface area contributed by atoms with Crippen LogP contribution in [0.25, 0.3) is 0 Å². The summed E-state index contributed by atoms with van der Waals surface area (Å²) in [6.07, 6.45) is 0. The van der Waals surface area contributed by atoms with Crippen LogP contribution in [0.1, 0.15) is 55.1 Å². The Balaban J connectivity index is 1.92. The van der Waals surface area contributed by atoms with Crippen molar-refractivity contribution in [3.8, 4) is 5.75 Å². The van der Waals surface area contributed by atoms with Crippen LogP contribution in [0.5, 0.6) is 5.75 Å². The van der Waals surface area contributed by atoms with Gasteiger partial charge in [-0.2, -0.15) is 0 Å². The lowest BCUT2D eigenvalue weighted by Crippen LogP contribution is -2.50. The normalized spacial score (nSPS) is 12.4. The van der Waals surface area contributed by atoms with Gasteiger partial charge in [0.2, 0.25) is 5.91 Å². The Hall–Kier alpha value is -2.76. The summed E-state index contributed by atoms with van der Waals surface area (Å²) in [5.74, 6) is 0.761. The molecule has 2 N–H and O–H groups in total. The maximum atomic E-state index is 12.3. The van der Waals surface area contributed by atoms with Crippen molar-refractivity contribution in [3.05, 3.63) is 53.0 Å². The molecule has 146 valence electrons. The highest BCUT2D eigenvalue weighted by molar-refractivity contribution is 5.95. The second kappa shape index (κ2) is 8.29. The number of benzene rings is 1. The molecule has 1 atom stereocenters.